The van der Waals surface area contributed by atoms with E-state index in [9.17, 15) is 9.59 Å². The molecule has 0 unspecified atom stereocenters. The number of esters is 2. The van der Waals surface area contributed by atoms with Crippen molar-refractivity contribution in [1.82, 2.24) is 0 Å². The third-order valence-corrected chi connectivity index (χ3v) is 4.48. The van der Waals surface area contributed by atoms with Crippen LogP contribution >= 0.6 is 0 Å². The molecular formula is C25H25N3O5. The lowest BCUT2D eigenvalue weighted by Crippen LogP contribution is -2.31. The maximum absolute atomic E-state index is 11.1. The second kappa shape index (κ2) is 12.5. The maximum atomic E-state index is 11.1. The van der Waals surface area contributed by atoms with E-state index >= 15 is 0 Å². The van der Waals surface area contributed by atoms with Crippen LogP contribution in [0.15, 0.2) is 65.2 Å². The van der Waals surface area contributed by atoms with Crippen molar-refractivity contribution < 1.29 is 23.8 Å². The molecule has 1 heterocycles. The fourth-order valence-corrected chi connectivity index (χ4v) is 2.98. The highest BCUT2D eigenvalue weighted by atomic mass is 16.5. The van der Waals surface area contributed by atoms with E-state index in [0.717, 1.165) is 11.3 Å². The Morgan fingerprint density at radius 2 is 1.55 bits per heavy atom. The zero-order chi connectivity index (χ0) is 24.2. The number of ether oxygens (including phenoxy) is 3. The van der Waals surface area contributed by atoms with E-state index in [-0.39, 0.29) is 30.7 Å². The molecule has 0 bridgehead atoms. The maximum Gasteiger partial charge on any atom is 0.302 e. The van der Waals surface area contributed by atoms with Gasteiger partial charge in [-0.2, -0.15) is 10.5 Å². The molecule has 0 amide bonds. The summed E-state index contributed by atoms with van der Waals surface area (Å²) in [5, 5.41) is 18.2. The zero-order valence-electron chi connectivity index (χ0n) is 18.8. The first-order valence-corrected chi connectivity index (χ1v) is 10.2. The number of nitriles is 2. The molecule has 1 aliphatic heterocycles. The van der Waals surface area contributed by atoms with Crippen LogP contribution in [0.1, 0.15) is 26.3 Å². The van der Waals surface area contributed by atoms with Crippen molar-refractivity contribution in [2.45, 2.75) is 20.8 Å². The Hall–Kier alpha value is -4.30. The number of nitrogens with zero attached hydrogens (tertiary/aromatic N) is 3. The summed E-state index contributed by atoms with van der Waals surface area (Å²) >= 11 is 0. The van der Waals surface area contributed by atoms with Crippen LogP contribution in [0.3, 0.4) is 0 Å². The van der Waals surface area contributed by atoms with Crippen LogP contribution in [-0.2, 0) is 23.8 Å². The topological polar surface area (TPSA) is 113 Å². The molecule has 0 radical (unpaired) electrons. The largest absolute Gasteiger partial charge is 0.464 e. The molecule has 8 nitrogen and oxygen atoms in total. The second-order valence-electron chi connectivity index (χ2n) is 7.05. The predicted molar refractivity (Wildman–Crippen MR) is 122 cm³/mol. The van der Waals surface area contributed by atoms with Crippen molar-refractivity contribution in [3.05, 3.63) is 70.7 Å². The number of anilines is 1. The van der Waals surface area contributed by atoms with Gasteiger partial charge < -0.3 is 19.1 Å². The van der Waals surface area contributed by atoms with Gasteiger partial charge in [0.25, 0.3) is 0 Å². The molecule has 33 heavy (non-hydrogen) atoms. The van der Waals surface area contributed by atoms with E-state index in [0.29, 0.717) is 30.2 Å². The van der Waals surface area contributed by atoms with Crippen LogP contribution in [0.25, 0.3) is 6.08 Å². The molecule has 2 rings (SSSR count). The highest BCUT2D eigenvalue weighted by Gasteiger charge is 2.11. The van der Waals surface area contributed by atoms with Crippen molar-refractivity contribution in [2.24, 2.45) is 0 Å². The molecule has 0 saturated heterocycles. The first-order chi connectivity index (χ1) is 15.8. The molecule has 0 aliphatic carbocycles. The van der Waals surface area contributed by atoms with E-state index in [2.05, 4.69) is 0 Å². The number of benzene rings is 1. The predicted octanol–water partition coefficient (Wildman–Crippen LogP) is 3.79. The summed E-state index contributed by atoms with van der Waals surface area (Å²) in [6, 6.07) is 11.4. The Morgan fingerprint density at radius 3 is 2.06 bits per heavy atom. The standard InChI is InChI=1S/C25H25N3O5/c1-18-14-22(23(16-26)17-27)15-25(33-18)9-6-21-4-7-24(8-5-21)28(10-12-31-19(2)29)11-13-32-20(3)30/h4-9,14-15H,10-13H2,1-3H3/b9-6+. The Labute approximate surface area is 193 Å². The van der Waals surface area contributed by atoms with Gasteiger partial charge >= 0.3 is 11.9 Å². The molecule has 1 aromatic carbocycles. The van der Waals surface area contributed by atoms with Crippen molar-refractivity contribution in [1.29, 1.82) is 10.5 Å². The van der Waals surface area contributed by atoms with E-state index < -0.39 is 0 Å². The van der Waals surface area contributed by atoms with E-state index in [1.807, 2.05) is 47.4 Å². The van der Waals surface area contributed by atoms with Crippen molar-refractivity contribution in [3.63, 3.8) is 0 Å². The van der Waals surface area contributed by atoms with Crippen LogP contribution in [0.4, 0.5) is 5.69 Å². The normalized spacial score (nSPS) is 12.6. The van der Waals surface area contributed by atoms with Gasteiger partial charge in [0, 0.05) is 25.1 Å². The number of hydrogen-bond acceptors (Lipinski definition) is 8. The summed E-state index contributed by atoms with van der Waals surface area (Å²) in [5.74, 6) is 0.395. The van der Waals surface area contributed by atoms with Gasteiger partial charge in [0.1, 0.15) is 42.4 Å². The molecule has 0 spiro atoms. The van der Waals surface area contributed by atoms with Gasteiger partial charge in [-0.1, -0.05) is 18.2 Å². The molecule has 0 aromatic heterocycles. The molecule has 0 fully saturated rings. The monoisotopic (exact) mass is 447 g/mol. The van der Waals surface area contributed by atoms with E-state index in [4.69, 9.17) is 24.7 Å². The zero-order valence-corrected chi connectivity index (χ0v) is 18.8. The van der Waals surface area contributed by atoms with Crippen molar-refractivity contribution >= 4 is 23.7 Å². The highest BCUT2D eigenvalue weighted by Crippen LogP contribution is 2.23. The third-order valence-electron chi connectivity index (χ3n) is 4.48. The van der Waals surface area contributed by atoms with E-state index in [1.165, 1.54) is 13.8 Å². The Kier molecular flexibility index (Phi) is 9.48. The van der Waals surface area contributed by atoms with Gasteiger partial charge in [-0.3, -0.25) is 9.59 Å². The van der Waals surface area contributed by atoms with Crippen LogP contribution in [0.2, 0.25) is 0 Å². The summed E-state index contributed by atoms with van der Waals surface area (Å²) in [4.78, 5) is 24.1. The molecule has 1 aliphatic rings. The fraction of sp³-hybridized carbons (Fsp3) is 0.280. The van der Waals surface area contributed by atoms with Crippen molar-refractivity contribution in [2.75, 3.05) is 31.2 Å². The Bertz CT molecular complexity index is 1050. The number of carbonyl (C=O) groups is 2. The highest BCUT2D eigenvalue weighted by molar-refractivity contribution is 5.66. The number of allylic oxidation sites excluding steroid dienone is 6. The lowest BCUT2D eigenvalue weighted by molar-refractivity contribution is -0.141. The minimum Gasteiger partial charge on any atom is -0.464 e. The molecule has 0 atom stereocenters. The summed E-state index contributed by atoms with van der Waals surface area (Å²) in [6.45, 7) is 5.81. The number of carbonyl (C=O) groups excluding carboxylic acids is 2. The number of hydrogen-bond donors (Lipinski definition) is 0. The lowest BCUT2D eigenvalue weighted by Gasteiger charge is -2.24. The molecule has 170 valence electrons. The van der Waals surface area contributed by atoms with Gasteiger partial charge in [-0.15, -0.1) is 0 Å². The number of rotatable bonds is 9. The van der Waals surface area contributed by atoms with Gasteiger partial charge in [0.05, 0.1) is 13.1 Å². The van der Waals surface area contributed by atoms with Crippen molar-refractivity contribution in [3.8, 4) is 12.1 Å². The second-order valence-corrected chi connectivity index (χ2v) is 7.05. The molecule has 1 aromatic rings. The first kappa shape index (κ1) is 25.0. The summed E-state index contributed by atoms with van der Waals surface area (Å²) < 4.78 is 15.7. The Balaban J connectivity index is 2.12. The fourth-order valence-electron chi connectivity index (χ4n) is 2.98. The summed E-state index contributed by atoms with van der Waals surface area (Å²) in [6.07, 6.45) is 6.91. The molecule has 8 heteroatoms. The average molecular weight is 447 g/mol. The average Bonchev–Trinajstić information content (AvgIpc) is 2.77. The van der Waals surface area contributed by atoms with Gasteiger partial charge in [0.2, 0.25) is 0 Å². The Morgan fingerprint density at radius 1 is 0.970 bits per heavy atom. The minimum atomic E-state index is -0.352. The molecule has 0 saturated carbocycles. The lowest BCUT2D eigenvalue weighted by atomic mass is 10.1. The molecule has 0 N–H and O–H groups in total. The van der Waals surface area contributed by atoms with Crippen LogP contribution in [0.5, 0.6) is 0 Å². The summed E-state index contributed by atoms with van der Waals surface area (Å²) in [5.41, 5.74) is 2.32. The van der Waals surface area contributed by atoms with Gasteiger partial charge in [-0.05, 0) is 42.8 Å². The van der Waals surface area contributed by atoms with Gasteiger partial charge in [-0.25, -0.2) is 0 Å². The summed E-state index contributed by atoms with van der Waals surface area (Å²) in [7, 11) is 0. The SMILES string of the molecule is CC(=O)OCCN(CCOC(C)=O)c1ccc(/C=C/C2=CC(=C(C#N)C#N)C=C(C)O2)cc1. The van der Waals surface area contributed by atoms with E-state index in [1.54, 1.807) is 25.2 Å². The van der Waals surface area contributed by atoms with Gasteiger partial charge in [0.15, 0.2) is 0 Å². The molecular weight excluding hydrogens is 422 g/mol. The minimum absolute atomic E-state index is 0.0236. The third kappa shape index (κ3) is 8.39. The first-order valence-electron chi connectivity index (χ1n) is 10.2. The smallest absolute Gasteiger partial charge is 0.302 e. The quantitative estimate of drug-likeness (QED) is 0.415. The van der Waals surface area contributed by atoms with Crippen LogP contribution in [-0.4, -0.2) is 38.2 Å². The van der Waals surface area contributed by atoms with Crippen LogP contribution < -0.4 is 4.90 Å². The van der Waals surface area contributed by atoms with Crippen LogP contribution in [0, 0.1) is 22.7 Å².